The summed E-state index contributed by atoms with van der Waals surface area (Å²) in [6.07, 6.45) is 0.750. The van der Waals surface area contributed by atoms with Crippen molar-refractivity contribution in [3.05, 3.63) is 33.3 Å². The number of amides is 3. The molecule has 0 fully saturated rings. The molecule has 9 heteroatoms. The van der Waals surface area contributed by atoms with Crippen molar-refractivity contribution >= 4 is 46.9 Å². The molecule has 0 radical (unpaired) electrons. The zero-order valence-electron chi connectivity index (χ0n) is 12.7. The van der Waals surface area contributed by atoms with Gasteiger partial charge in [-0.05, 0) is 18.6 Å². The van der Waals surface area contributed by atoms with Gasteiger partial charge in [-0.1, -0.05) is 30.1 Å². The van der Waals surface area contributed by atoms with Crippen LogP contribution >= 0.6 is 23.2 Å². The Hall–Kier alpha value is -2.12. The normalized spacial score (nSPS) is 13.0. The van der Waals surface area contributed by atoms with Crippen LogP contribution in [0.3, 0.4) is 0 Å². The number of nitrogens with zero attached hydrogens (tertiary/aromatic N) is 1. The second-order valence-corrected chi connectivity index (χ2v) is 5.83. The van der Waals surface area contributed by atoms with Crippen LogP contribution in [0, 0.1) is 0 Å². The topological polar surface area (TPSA) is 92.8 Å². The SMILES string of the molecule is CCCNC(=O)COC(=O)CN1C(=O)c2cc(Cl)c(Cl)cc2C1=O. The van der Waals surface area contributed by atoms with Gasteiger partial charge in [0, 0.05) is 6.54 Å². The fourth-order valence-corrected chi connectivity index (χ4v) is 2.39. The minimum atomic E-state index is -0.867. The van der Waals surface area contributed by atoms with Gasteiger partial charge in [-0.15, -0.1) is 0 Å². The number of nitrogens with one attached hydrogen (secondary N) is 1. The molecule has 1 aliphatic rings. The molecule has 0 saturated carbocycles. The highest BCUT2D eigenvalue weighted by atomic mass is 35.5. The molecule has 0 unspecified atom stereocenters. The van der Waals surface area contributed by atoms with Crippen molar-refractivity contribution in [3.8, 4) is 0 Å². The molecule has 24 heavy (non-hydrogen) atoms. The standard InChI is InChI=1S/C15H14Cl2N2O5/c1-2-3-18-12(20)7-24-13(21)6-19-14(22)8-4-10(16)11(17)5-9(8)15(19)23/h4-5H,2-3,6-7H2,1H3,(H,18,20). The summed E-state index contributed by atoms with van der Waals surface area (Å²) in [5.74, 6) is -2.65. The number of esters is 1. The lowest BCUT2D eigenvalue weighted by atomic mass is 10.1. The average Bonchev–Trinajstić information content (AvgIpc) is 2.76. The summed E-state index contributed by atoms with van der Waals surface area (Å²) >= 11 is 11.7. The number of fused-ring (bicyclic) bond motifs is 1. The van der Waals surface area contributed by atoms with Crippen LogP contribution in [-0.4, -0.2) is 48.3 Å². The molecular weight excluding hydrogens is 359 g/mol. The molecule has 1 N–H and O–H groups in total. The zero-order chi connectivity index (χ0) is 17.9. The molecule has 0 bridgehead atoms. The first-order valence-corrected chi connectivity index (χ1v) is 7.88. The van der Waals surface area contributed by atoms with Crippen LogP contribution in [0.2, 0.25) is 10.0 Å². The lowest BCUT2D eigenvalue weighted by Gasteiger charge is -2.12. The first-order valence-electron chi connectivity index (χ1n) is 7.12. The van der Waals surface area contributed by atoms with E-state index in [0.717, 1.165) is 11.3 Å². The maximum Gasteiger partial charge on any atom is 0.326 e. The van der Waals surface area contributed by atoms with Gasteiger partial charge >= 0.3 is 5.97 Å². The number of carbonyl (C=O) groups is 4. The fourth-order valence-electron chi connectivity index (χ4n) is 2.06. The first-order chi connectivity index (χ1) is 11.3. The van der Waals surface area contributed by atoms with Crippen LogP contribution < -0.4 is 5.32 Å². The molecule has 1 aromatic rings. The summed E-state index contributed by atoms with van der Waals surface area (Å²) in [6, 6.07) is 2.56. The van der Waals surface area contributed by atoms with Crippen molar-refractivity contribution < 1.29 is 23.9 Å². The van der Waals surface area contributed by atoms with Gasteiger partial charge in [-0.3, -0.25) is 24.1 Å². The van der Waals surface area contributed by atoms with Crippen molar-refractivity contribution in [2.75, 3.05) is 19.7 Å². The second-order valence-electron chi connectivity index (χ2n) is 5.02. The van der Waals surface area contributed by atoms with Gasteiger partial charge in [0.25, 0.3) is 17.7 Å². The third-order valence-corrected chi connectivity index (χ3v) is 3.96. The third kappa shape index (κ3) is 3.85. The molecule has 0 aromatic heterocycles. The molecule has 2 rings (SSSR count). The van der Waals surface area contributed by atoms with Gasteiger partial charge in [0.15, 0.2) is 6.61 Å². The first kappa shape index (κ1) is 18.2. The number of carbonyl (C=O) groups excluding carboxylic acids is 4. The molecule has 3 amide bonds. The molecule has 1 heterocycles. The summed E-state index contributed by atoms with van der Waals surface area (Å²) in [4.78, 5) is 48.2. The maximum atomic E-state index is 12.2. The van der Waals surface area contributed by atoms with Crippen molar-refractivity contribution in [1.29, 1.82) is 0 Å². The Morgan fingerprint density at radius 1 is 1.12 bits per heavy atom. The molecular formula is C15H14Cl2N2O5. The highest BCUT2D eigenvalue weighted by Gasteiger charge is 2.37. The fraction of sp³-hybridized carbons (Fsp3) is 0.333. The van der Waals surface area contributed by atoms with E-state index in [9.17, 15) is 19.2 Å². The Morgan fingerprint density at radius 3 is 2.17 bits per heavy atom. The van der Waals surface area contributed by atoms with E-state index in [1.165, 1.54) is 12.1 Å². The summed E-state index contributed by atoms with van der Waals surface area (Å²) in [7, 11) is 0. The number of ether oxygens (including phenoxy) is 1. The van der Waals surface area contributed by atoms with E-state index in [0.29, 0.717) is 6.54 Å². The molecule has 1 aromatic carbocycles. The highest BCUT2D eigenvalue weighted by molar-refractivity contribution is 6.43. The average molecular weight is 373 g/mol. The van der Waals surface area contributed by atoms with E-state index in [4.69, 9.17) is 27.9 Å². The molecule has 1 aliphatic heterocycles. The molecule has 0 atom stereocenters. The molecule has 128 valence electrons. The summed E-state index contributed by atoms with van der Waals surface area (Å²) in [5, 5.41) is 2.80. The summed E-state index contributed by atoms with van der Waals surface area (Å²) in [5.41, 5.74) is 0.144. The minimum Gasteiger partial charge on any atom is -0.454 e. The Morgan fingerprint density at radius 2 is 1.67 bits per heavy atom. The second kappa shape index (κ2) is 7.63. The van der Waals surface area contributed by atoms with Crippen LogP contribution in [0.1, 0.15) is 34.1 Å². The van der Waals surface area contributed by atoms with Gasteiger partial charge in [-0.2, -0.15) is 0 Å². The third-order valence-electron chi connectivity index (χ3n) is 3.24. The van der Waals surface area contributed by atoms with Crippen molar-refractivity contribution in [3.63, 3.8) is 0 Å². The highest BCUT2D eigenvalue weighted by Crippen LogP contribution is 2.31. The zero-order valence-corrected chi connectivity index (χ0v) is 14.2. The predicted octanol–water partition coefficient (Wildman–Crippen LogP) is 1.66. The molecule has 0 aliphatic carbocycles. The number of benzene rings is 1. The van der Waals surface area contributed by atoms with Gasteiger partial charge < -0.3 is 10.1 Å². The van der Waals surface area contributed by atoms with E-state index in [2.05, 4.69) is 5.32 Å². The summed E-state index contributed by atoms with van der Waals surface area (Å²) < 4.78 is 4.76. The Kier molecular flexibility index (Phi) is 5.80. The van der Waals surface area contributed by atoms with Crippen LogP contribution in [-0.2, 0) is 14.3 Å². The van der Waals surface area contributed by atoms with E-state index in [-0.39, 0.29) is 21.2 Å². The number of rotatable bonds is 6. The van der Waals surface area contributed by atoms with Crippen LogP contribution in [0.25, 0.3) is 0 Å². The quantitative estimate of drug-likeness (QED) is 0.605. The Balaban J connectivity index is 1.99. The van der Waals surface area contributed by atoms with Gasteiger partial charge in [0.2, 0.25) is 0 Å². The van der Waals surface area contributed by atoms with Crippen LogP contribution in [0.5, 0.6) is 0 Å². The minimum absolute atomic E-state index is 0.0721. The molecule has 7 nitrogen and oxygen atoms in total. The lowest BCUT2D eigenvalue weighted by molar-refractivity contribution is -0.148. The van der Waals surface area contributed by atoms with Crippen molar-refractivity contribution in [2.24, 2.45) is 0 Å². The monoisotopic (exact) mass is 372 g/mol. The van der Waals surface area contributed by atoms with Gasteiger partial charge in [0.1, 0.15) is 6.54 Å². The largest absolute Gasteiger partial charge is 0.454 e. The number of hydrogen-bond donors (Lipinski definition) is 1. The number of hydrogen-bond acceptors (Lipinski definition) is 5. The maximum absolute atomic E-state index is 12.2. The van der Waals surface area contributed by atoms with Gasteiger partial charge in [0.05, 0.1) is 21.2 Å². The van der Waals surface area contributed by atoms with E-state index >= 15 is 0 Å². The van der Waals surface area contributed by atoms with Crippen molar-refractivity contribution in [1.82, 2.24) is 10.2 Å². The molecule has 0 spiro atoms. The van der Waals surface area contributed by atoms with Crippen LogP contribution in [0.4, 0.5) is 0 Å². The Labute approximate surface area is 147 Å². The van der Waals surface area contributed by atoms with E-state index in [1.54, 1.807) is 0 Å². The predicted molar refractivity (Wildman–Crippen MR) is 86.1 cm³/mol. The summed E-state index contributed by atoms with van der Waals surface area (Å²) in [6.45, 7) is 1.28. The smallest absolute Gasteiger partial charge is 0.326 e. The molecule has 0 saturated heterocycles. The van der Waals surface area contributed by atoms with Gasteiger partial charge in [-0.25, -0.2) is 0 Å². The van der Waals surface area contributed by atoms with E-state index < -0.39 is 36.8 Å². The lowest BCUT2D eigenvalue weighted by Crippen LogP contribution is -2.37. The number of halogens is 2. The van der Waals surface area contributed by atoms with Crippen LogP contribution in [0.15, 0.2) is 12.1 Å². The van der Waals surface area contributed by atoms with E-state index in [1.807, 2.05) is 6.92 Å². The van der Waals surface area contributed by atoms with Crippen molar-refractivity contribution in [2.45, 2.75) is 13.3 Å². The Bertz CT molecular complexity index is 679. The number of imide groups is 1.